The molecule has 1 saturated carbocycles. The number of carboxylic acids is 1. The average Bonchev–Trinajstić information content (AvgIpc) is 2.60. The van der Waals surface area contributed by atoms with Gasteiger partial charge in [0.25, 0.3) is 0 Å². The second kappa shape index (κ2) is 12.4. The third-order valence-corrected chi connectivity index (χ3v) is 11.5. The van der Waals surface area contributed by atoms with E-state index in [4.69, 9.17) is 9.53 Å². The molecule has 0 aromatic heterocycles. The molecule has 0 bridgehead atoms. The first-order valence-electron chi connectivity index (χ1n) is 12.2. The first kappa shape index (κ1) is 27.4. The maximum Gasteiger partial charge on any atom is 0.306 e. The summed E-state index contributed by atoms with van der Waals surface area (Å²) in [6, 6.07) is 0. The summed E-state index contributed by atoms with van der Waals surface area (Å²) in [5, 5.41) is 20.0. The minimum Gasteiger partial charge on any atom is -0.481 e. The van der Waals surface area contributed by atoms with Crippen LogP contribution in [-0.2, 0) is 9.22 Å². The van der Waals surface area contributed by atoms with E-state index < -0.39 is 19.9 Å². The summed E-state index contributed by atoms with van der Waals surface area (Å²) in [4.78, 5) is 11.1. The number of carboxylic acid groups (broad SMARTS) is 1. The zero-order chi connectivity index (χ0) is 22.8. The van der Waals surface area contributed by atoms with E-state index in [9.17, 15) is 9.90 Å². The highest BCUT2D eigenvalue weighted by Gasteiger charge is 2.39. The van der Waals surface area contributed by atoms with Crippen LogP contribution >= 0.6 is 0 Å². The predicted octanol–water partition coefficient (Wildman–Crippen LogP) is 7.08. The van der Waals surface area contributed by atoms with Gasteiger partial charge in [0.05, 0.1) is 18.1 Å². The Morgan fingerprint density at radius 1 is 1.20 bits per heavy atom. The van der Waals surface area contributed by atoms with E-state index in [1.807, 2.05) is 0 Å². The van der Waals surface area contributed by atoms with E-state index in [0.717, 1.165) is 19.3 Å². The maximum absolute atomic E-state index is 11.1. The molecule has 0 radical (unpaired) electrons. The number of aliphatic carboxylic acids is 1. The van der Waals surface area contributed by atoms with Crippen molar-refractivity contribution in [2.24, 2.45) is 5.92 Å². The number of aliphatic hydroxyl groups is 1. The van der Waals surface area contributed by atoms with Crippen molar-refractivity contribution < 1.29 is 19.4 Å². The molecule has 1 aliphatic carbocycles. The maximum atomic E-state index is 11.1. The van der Waals surface area contributed by atoms with Crippen LogP contribution in [0.5, 0.6) is 0 Å². The summed E-state index contributed by atoms with van der Waals surface area (Å²) in [7, 11) is -1.86. The van der Waals surface area contributed by atoms with E-state index in [0.29, 0.717) is 12.8 Å². The monoisotopic (exact) mass is 440 g/mol. The van der Waals surface area contributed by atoms with Gasteiger partial charge in [0.15, 0.2) is 8.32 Å². The Morgan fingerprint density at radius 2 is 1.83 bits per heavy atom. The minimum absolute atomic E-state index is 0.117. The van der Waals surface area contributed by atoms with Gasteiger partial charge in [-0.05, 0) is 56.2 Å². The molecule has 0 heterocycles. The lowest BCUT2D eigenvalue weighted by Crippen LogP contribution is -2.43. The quantitative estimate of drug-likeness (QED) is 0.182. The molecule has 0 amide bonds. The first-order chi connectivity index (χ1) is 13.9. The molecular weight excluding hydrogens is 392 g/mol. The van der Waals surface area contributed by atoms with Gasteiger partial charge in [0.2, 0.25) is 0 Å². The Hall–Kier alpha value is -0.653. The minimum atomic E-state index is -1.86. The lowest BCUT2D eigenvalue weighted by Gasteiger charge is -2.39. The highest BCUT2D eigenvalue weighted by atomic mass is 28.4. The van der Waals surface area contributed by atoms with E-state index in [-0.39, 0.29) is 23.5 Å². The summed E-state index contributed by atoms with van der Waals surface area (Å²) >= 11 is 0. The Bertz CT molecular complexity index is 538. The SMILES string of the molecule is CCCCCCCCC(C=CC1CCCC(O)(CC(=O)O)C1)O[Si](C)(C)C(C)(C)C. The van der Waals surface area contributed by atoms with E-state index in [1.54, 1.807) is 0 Å². The van der Waals surface area contributed by atoms with E-state index in [1.165, 1.54) is 38.5 Å². The van der Waals surface area contributed by atoms with Gasteiger partial charge in [-0.3, -0.25) is 4.79 Å². The lowest BCUT2D eigenvalue weighted by atomic mass is 9.76. The standard InChI is InChI=1S/C25H48O4Si/c1-7-8-9-10-11-12-15-22(29-30(5,6)24(2,3)4)17-16-21-14-13-18-25(28,19-21)20-23(26)27/h16-17,21-22,28H,7-15,18-20H2,1-6H3,(H,26,27). The summed E-state index contributed by atoms with van der Waals surface area (Å²) in [5.74, 6) is -0.678. The molecule has 0 aliphatic heterocycles. The van der Waals surface area contributed by atoms with Crippen LogP contribution in [0.4, 0.5) is 0 Å². The zero-order valence-electron chi connectivity index (χ0n) is 20.5. The molecule has 3 unspecified atom stereocenters. The number of hydrogen-bond acceptors (Lipinski definition) is 3. The summed E-state index contributed by atoms with van der Waals surface area (Å²) < 4.78 is 6.73. The topological polar surface area (TPSA) is 66.8 Å². The van der Waals surface area contributed by atoms with Crippen molar-refractivity contribution in [1.82, 2.24) is 0 Å². The smallest absolute Gasteiger partial charge is 0.306 e. The van der Waals surface area contributed by atoms with Crippen LogP contribution in [0.2, 0.25) is 18.1 Å². The molecule has 1 fully saturated rings. The van der Waals surface area contributed by atoms with E-state index >= 15 is 0 Å². The molecule has 1 aliphatic rings. The van der Waals surface area contributed by atoms with Gasteiger partial charge >= 0.3 is 5.97 Å². The Kier molecular flexibility index (Phi) is 11.3. The van der Waals surface area contributed by atoms with Crippen LogP contribution in [0.25, 0.3) is 0 Å². The fraction of sp³-hybridized carbons (Fsp3) is 0.880. The fourth-order valence-corrected chi connectivity index (χ4v) is 5.46. The summed E-state index contributed by atoms with van der Waals surface area (Å²) in [5.41, 5.74) is -1.06. The second-order valence-corrected chi connectivity index (χ2v) is 15.8. The normalized spacial score (nSPS) is 24.3. The molecule has 2 N–H and O–H groups in total. The highest BCUT2D eigenvalue weighted by Crippen LogP contribution is 2.39. The third kappa shape index (κ3) is 10.1. The van der Waals surface area contributed by atoms with Crippen molar-refractivity contribution in [2.45, 2.75) is 135 Å². The Labute approximate surface area is 186 Å². The van der Waals surface area contributed by atoms with Crippen LogP contribution in [-0.4, -0.2) is 36.2 Å². The van der Waals surface area contributed by atoms with Crippen molar-refractivity contribution >= 4 is 14.3 Å². The van der Waals surface area contributed by atoms with Gasteiger partial charge < -0.3 is 14.6 Å². The highest BCUT2D eigenvalue weighted by molar-refractivity contribution is 6.74. The van der Waals surface area contributed by atoms with Gasteiger partial charge in [0.1, 0.15) is 0 Å². The molecule has 4 nitrogen and oxygen atoms in total. The molecule has 0 saturated heterocycles. The molecule has 5 heteroatoms. The van der Waals surface area contributed by atoms with Crippen molar-refractivity contribution in [1.29, 1.82) is 0 Å². The third-order valence-electron chi connectivity index (χ3n) is 7.03. The van der Waals surface area contributed by atoms with Crippen LogP contribution in [0.1, 0.15) is 105 Å². The Morgan fingerprint density at radius 3 is 2.43 bits per heavy atom. The average molecular weight is 441 g/mol. The van der Waals surface area contributed by atoms with Gasteiger partial charge in [-0.1, -0.05) is 78.4 Å². The second-order valence-electron chi connectivity index (χ2n) is 11.0. The first-order valence-corrected chi connectivity index (χ1v) is 15.1. The van der Waals surface area contributed by atoms with Gasteiger partial charge in [0, 0.05) is 0 Å². The molecule has 0 aromatic carbocycles. The van der Waals surface area contributed by atoms with Gasteiger partial charge in [-0.2, -0.15) is 0 Å². The molecular formula is C25H48O4Si. The van der Waals surface area contributed by atoms with Crippen molar-refractivity contribution in [2.75, 3.05) is 0 Å². The summed E-state index contributed by atoms with van der Waals surface area (Å²) in [6.45, 7) is 13.7. The Balaban J connectivity index is 2.74. The number of hydrogen-bond donors (Lipinski definition) is 2. The number of allylic oxidation sites excluding steroid dienone is 1. The largest absolute Gasteiger partial charge is 0.481 e. The molecule has 176 valence electrons. The lowest BCUT2D eigenvalue weighted by molar-refractivity contribution is -0.144. The summed E-state index contributed by atoms with van der Waals surface area (Å²) in [6.07, 6.45) is 16.1. The molecule has 30 heavy (non-hydrogen) atoms. The predicted molar refractivity (Wildman–Crippen MR) is 128 cm³/mol. The van der Waals surface area contributed by atoms with Crippen LogP contribution in [0, 0.1) is 5.92 Å². The van der Waals surface area contributed by atoms with Crippen LogP contribution in [0.3, 0.4) is 0 Å². The van der Waals surface area contributed by atoms with Crippen LogP contribution in [0.15, 0.2) is 12.2 Å². The van der Waals surface area contributed by atoms with Crippen molar-refractivity contribution in [3.8, 4) is 0 Å². The number of rotatable bonds is 13. The van der Waals surface area contributed by atoms with Crippen molar-refractivity contribution in [3.63, 3.8) is 0 Å². The van der Waals surface area contributed by atoms with Gasteiger partial charge in [-0.15, -0.1) is 0 Å². The zero-order valence-corrected chi connectivity index (χ0v) is 21.5. The van der Waals surface area contributed by atoms with E-state index in [2.05, 4.69) is 52.9 Å². The fourth-order valence-electron chi connectivity index (χ4n) is 4.15. The molecule has 0 spiro atoms. The van der Waals surface area contributed by atoms with Crippen LogP contribution < -0.4 is 0 Å². The number of unbranched alkanes of at least 4 members (excludes halogenated alkanes) is 5. The van der Waals surface area contributed by atoms with Crippen molar-refractivity contribution in [3.05, 3.63) is 12.2 Å². The van der Waals surface area contributed by atoms with Gasteiger partial charge in [-0.25, -0.2) is 0 Å². The molecule has 1 rings (SSSR count). The molecule has 0 aromatic rings. The number of carbonyl (C=O) groups is 1. The molecule has 3 atom stereocenters.